The minimum absolute atomic E-state index is 0.114. The van der Waals surface area contributed by atoms with Gasteiger partial charge in [0.2, 0.25) is 0 Å². The molecule has 1 aromatic carbocycles. The molecule has 0 atom stereocenters. The van der Waals surface area contributed by atoms with Crippen molar-refractivity contribution < 1.29 is 9.53 Å². The van der Waals surface area contributed by atoms with Crippen LogP contribution in [0.5, 0.6) is 0 Å². The van der Waals surface area contributed by atoms with Crippen LogP contribution in [0.15, 0.2) is 55.0 Å². The number of rotatable bonds is 5. The Morgan fingerprint density at radius 1 is 1.18 bits per heavy atom. The number of benzene rings is 1. The lowest BCUT2D eigenvalue weighted by Crippen LogP contribution is -2.43. The SMILES string of the molecule is O=C(Nc1cccc(-n2cnnn2)c1)N1CCC(OCc2ccccn2)CC1. The average molecular weight is 379 g/mol. The van der Waals surface area contributed by atoms with Crippen molar-refractivity contribution >= 4 is 11.7 Å². The van der Waals surface area contributed by atoms with E-state index in [-0.39, 0.29) is 12.1 Å². The second-order valence-corrected chi connectivity index (χ2v) is 6.55. The fourth-order valence-corrected chi connectivity index (χ4v) is 3.12. The van der Waals surface area contributed by atoms with Crippen LogP contribution in [0.4, 0.5) is 10.5 Å². The number of likely N-dealkylation sites (tertiary alicyclic amines) is 1. The standard InChI is InChI=1S/C19H21N7O2/c27-19(22-15-5-3-6-17(12-15)26-14-21-23-24-26)25-10-7-18(8-11-25)28-13-16-4-1-2-9-20-16/h1-6,9,12,14,18H,7-8,10-11,13H2,(H,22,27). The summed E-state index contributed by atoms with van der Waals surface area (Å²) in [6.45, 7) is 1.82. The highest BCUT2D eigenvalue weighted by Crippen LogP contribution is 2.18. The summed E-state index contributed by atoms with van der Waals surface area (Å²) in [6, 6.07) is 13.1. The molecule has 144 valence electrons. The van der Waals surface area contributed by atoms with E-state index in [1.54, 1.807) is 10.9 Å². The molecule has 3 heterocycles. The van der Waals surface area contributed by atoms with Gasteiger partial charge in [0.15, 0.2) is 0 Å². The maximum Gasteiger partial charge on any atom is 0.321 e. The number of amides is 2. The number of hydrogen-bond donors (Lipinski definition) is 1. The Labute approximate surface area is 162 Å². The van der Waals surface area contributed by atoms with Gasteiger partial charge < -0.3 is 15.0 Å². The van der Waals surface area contributed by atoms with Gasteiger partial charge in [0, 0.05) is 25.0 Å². The number of nitrogens with one attached hydrogen (secondary N) is 1. The van der Waals surface area contributed by atoms with Crippen molar-refractivity contribution in [2.45, 2.75) is 25.6 Å². The van der Waals surface area contributed by atoms with Gasteiger partial charge in [-0.1, -0.05) is 12.1 Å². The monoisotopic (exact) mass is 379 g/mol. The molecule has 9 heteroatoms. The number of piperidine rings is 1. The van der Waals surface area contributed by atoms with Crippen LogP contribution < -0.4 is 5.32 Å². The molecule has 2 amide bonds. The van der Waals surface area contributed by atoms with Crippen LogP contribution in [-0.2, 0) is 11.3 Å². The highest BCUT2D eigenvalue weighted by molar-refractivity contribution is 5.89. The molecule has 1 fully saturated rings. The van der Waals surface area contributed by atoms with E-state index in [0.29, 0.717) is 25.4 Å². The van der Waals surface area contributed by atoms with Crippen LogP contribution in [-0.4, -0.2) is 55.3 Å². The molecule has 9 nitrogen and oxygen atoms in total. The zero-order valence-electron chi connectivity index (χ0n) is 15.3. The summed E-state index contributed by atoms with van der Waals surface area (Å²) in [5, 5.41) is 14.0. The second-order valence-electron chi connectivity index (χ2n) is 6.55. The minimum Gasteiger partial charge on any atom is -0.372 e. The quantitative estimate of drug-likeness (QED) is 0.730. The third kappa shape index (κ3) is 4.49. The lowest BCUT2D eigenvalue weighted by Gasteiger charge is -2.32. The zero-order chi connectivity index (χ0) is 19.2. The van der Waals surface area contributed by atoms with Crippen molar-refractivity contribution in [3.05, 3.63) is 60.7 Å². The topological polar surface area (TPSA) is 98.1 Å². The zero-order valence-corrected chi connectivity index (χ0v) is 15.3. The molecule has 1 aliphatic heterocycles. The number of nitrogens with zero attached hydrogens (tertiary/aromatic N) is 6. The summed E-state index contributed by atoms with van der Waals surface area (Å²) >= 11 is 0. The lowest BCUT2D eigenvalue weighted by atomic mass is 10.1. The van der Waals surface area contributed by atoms with Crippen LogP contribution in [0.3, 0.4) is 0 Å². The van der Waals surface area contributed by atoms with Gasteiger partial charge in [-0.2, -0.15) is 0 Å². The van der Waals surface area contributed by atoms with E-state index in [2.05, 4.69) is 25.8 Å². The van der Waals surface area contributed by atoms with Gasteiger partial charge in [-0.05, 0) is 53.6 Å². The Hall–Kier alpha value is -3.33. The number of hydrogen-bond acceptors (Lipinski definition) is 6. The summed E-state index contributed by atoms with van der Waals surface area (Å²) < 4.78 is 7.47. The van der Waals surface area contributed by atoms with E-state index in [4.69, 9.17) is 4.74 Å². The van der Waals surface area contributed by atoms with Crippen molar-refractivity contribution in [2.24, 2.45) is 0 Å². The molecule has 1 N–H and O–H groups in total. The predicted octanol–water partition coefficient (Wildman–Crippen LogP) is 2.27. The Kier molecular flexibility index (Phi) is 5.53. The van der Waals surface area contributed by atoms with Crippen molar-refractivity contribution in [2.75, 3.05) is 18.4 Å². The third-order valence-electron chi connectivity index (χ3n) is 4.63. The molecule has 4 rings (SSSR count). The van der Waals surface area contributed by atoms with E-state index in [1.807, 2.05) is 47.4 Å². The van der Waals surface area contributed by atoms with Crippen LogP contribution >= 0.6 is 0 Å². The van der Waals surface area contributed by atoms with Crippen molar-refractivity contribution in [1.82, 2.24) is 30.1 Å². The summed E-state index contributed by atoms with van der Waals surface area (Å²) in [5.41, 5.74) is 2.40. The summed E-state index contributed by atoms with van der Waals surface area (Å²) in [7, 11) is 0. The normalized spacial score (nSPS) is 14.8. The van der Waals surface area contributed by atoms with Gasteiger partial charge in [-0.3, -0.25) is 4.98 Å². The number of tetrazole rings is 1. The van der Waals surface area contributed by atoms with Crippen LogP contribution in [0.1, 0.15) is 18.5 Å². The van der Waals surface area contributed by atoms with Gasteiger partial charge in [0.1, 0.15) is 6.33 Å². The first kappa shape index (κ1) is 18.1. The molecule has 2 aromatic heterocycles. The van der Waals surface area contributed by atoms with Crippen LogP contribution in [0, 0.1) is 0 Å². The fraction of sp³-hybridized carbons (Fsp3) is 0.316. The molecular formula is C19H21N7O2. The van der Waals surface area contributed by atoms with E-state index in [9.17, 15) is 4.79 Å². The Bertz CT molecular complexity index is 894. The number of urea groups is 1. The van der Waals surface area contributed by atoms with Crippen molar-refractivity contribution in [3.63, 3.8) is 0 Å². The van der Waals surface area contributed by atoms with Gasteiger partial charge in [0.05, 0.1) is 24.1 Å². The first-order valence-electron chi connectivity index (χ1n) is 9.19. The molecule has 1 aliphatic rings. The Morgan fingerprint density at radius 3 is 2.82 bits per heavy atom. The van der Waals surface area contributed by atoms with Crippen LogP contribution in [0.25, 0.3) is 5.69 Å². The lowest BCUT2D eigenvalue weighted by molar-refractivity contribution is 0.00399. The molecule has 28 heavy (non-hydrogen) atoms. The van der Waals surface area contributed by atoms with Crippen molar-refractivity contribution in [3.8, 4) is 5.69 Å². The molecule has 0 aliphatic carbocycles. The first-order valence-corrected chi connectivity index (χ1v) is 9.19. The van der Waals surface area contributed by atoms with Gasteiger partial charge in [-0.25, -0.2) is 9.48 Å². The summed E-state index contributed by atoms with van der Waals surface area (Å²) in [4.78, 5) is 18.6. The van der Waals surface area contributed by atoms with Gasteiger partial charge >= 0.3 is 6.03 Å². The average Bonchev–Trinajstić information content (AvgIpc) is 3.29. The van der Waals surface area contributed by atoms with E-state index in [0.717, 1.165) is 24.2 Å². The molecule has 0 spiro atoms. The smallest absolute Gasteiger partial charge is 0.321 e. The molecule has 0 saturated carbocycles. The van der Waals surface area contributed by atoms with Gasteiger partial charge in [0.25, 0.3) is 0 Å². The molecule has 1 saturated heterocycles. The Balaban J connectivity index is 1.27. The third-order valence-corrected chi connectivity index (χ3v) is 4.63. The predicted molar refractivity (Wildman–Crippen MR) is 102 cm³/mol. The second kappa shape index (κ2) is 8.57. The Morgan fingerprint density at radius 2 is 2.07 bits per heavy atom. The number of carbonyl (C=O) groups excluding carboxylic acids is 1. The maximum atomic E-state index is 12.6. The van der Waals surface area contributed by atoms with E-state index < -0.39 is 0 Å². The number of anilines is 1. The largest absolute Gasteiger partial charge is 0.372 e. The van der Waals surface area contributed by atoms with Crippen LogP contribution in [0.2, 0.25) is 0 Å². The number of carbonyl (C=O) groups is 1. The first-order chi connectivity index (χ1) is 13.8. The van der Waals surface area contributed by atoms with Crippen molar-refractivity contribution in [1.29, 1.82) is 0 Å². The number of ether oxygens (including phenoxy) is 1. The molecule has 0 bridgehead atoms. The van der Waals surface area contributed by atoms with E-state index in [1.165, 1.54) is 6.33 Å². The minimum atomic E-state index is -0.114. The number of aromatic nitrogens is 5. The highest BCUT2D eigenvalue weighted by Gasteiger charge is 2.23. The summed E-state index contributed by atoms with van der Waals surface area (Å²) in [5.74, 6) is 0. The van der Waals surface area contributed by atoms with Gasteiger partial charge in [-0.15, -0.1) is 5.10 Å². The molecule has 0 radical (unpaired) electrons. The summed E-state index contributed by atoms with van der Waals surface area (Å²) in [6.07, 6.45) is 5.04. The maximum absolute atomic E-state index is 12.6. The molecule has 0 unspecified atom stereocenters. The highest BCUT2D eigenvalue weighted by atomic mass is 16.5. The number of pyridine rings is 1. The van der Waals surface area contributed by atoms with E-state index >= 15 is 0 Å². The molecular weight excluding hydrogens is 358 g/mol. The fourth-order valence-electron chi connectivity index (χ4n) is 3.12. The molecule has 3 aromatic rings.